The first-order chi connectivity index (χ1) is 7.47. The van der Waals surface area contributed by atoms with Crippen LogP contribution in [0.2, 0.25) is 0 Å². The summed E-state index contributed by atoms with van der Waals surface area (Å²) in [5, 5.41) is 12.1. The van der Waals surface area contributed by atoms with E-state index >= 15 is 0 Å². The van der Waals surface area contributed by atoms with Gasteiger partial charge in [0.2, 0.25) is 0 Å². The van der Waals surface area contributed by atoms with Crippen molar-refractivity contribution in [3.05, 3.63) is 0 Å². The molecule has 0 saturated heterocycles. The van der Waals surface area contributed by atoms with E-state index in [1.165, 1.54) is 0 Å². The van der Waals surface area contributed by atoms with Gasteiger partial charge in [-0.05, 0) is 38.9 Å². The van der Waals surface area contributed by atoms with Gasteiger partial charge >= 0.3 is 5.97 Å². The highest BCUT2D eigenvalue weighted by atomic mass is 16.4. The van der Waals surface area contributed by atoms with E-state index in [0.29, 0.717) is 12.5 Å². The lowest BCUT2D eigenvalue weighted by molar-refractivity contribution is -0.139. The maximum absolute atomic E-state index is 11.0. The van der Waals surface area contributed by atoms with E-state index in [-0.39, 0.29) is 0 Å². The molecule has 0 radical (unpaired) electrons. The SMILES string of the molecule is CCCNC(CN(C)CCC(C)C)C(=O)O. The molecule has 0 amide bonds. The summed E-state index contributed by atoms with van der Waals surface area (Å²) in [6.07, 6.45) is 2.07. The van der Waals surface area contributed by atoms with Crippen LogP contribution in [0.25, 0.3) is 0 Å². The highest BCUT2D eigenvalue weighted by Gasteiger charge is 2.18. The topological polar surface area (TPSA) is 52.6 Å². The predicted octanol–water partition coefficient (Wildman–Crippen LogP) is 1.42. The first kappa shape index (κ1) is 15.4. The summed E-state index contributed by atoms with van der Waals surface area (Å²) >= 11 is 0. The summed E-state index contributed by atoms with van der Waals surface area (Å²) in [4.78, 5) is 13.1. The van der Waals surface area contributed by atoms with Crippen molar-refractivity contribution in [2.45, 2.75) is 39.7 Å². The Morgan fingerprint density at radius 3 is 2.50 bits per heavy atom. The van der Waals surface area contributed by atoms with Crippen LogP contribution in [-0.4, -0.2) is 48.7 Å². The van der Waals surface area contributed by atoms with Crippen LogP contribution in [0.4, 0.5) is 0 Å². The van der Waals surface area contributed by atoms with Crippen LogP contribution in [0.15, 0.2) is 0 Å². The Labute approximate surface area is 99.0 Å². The number of rotatable bonds is 9. The molecule has 0 aromatic carbocycles. The van der Waals surface area contributed by atoms with Crippen molar-refractivity contribution >= 4 is 5.97 Å². The molecule has 0 heterocycles. The molecule has 1 unspecified atom stereocenters. The fraction of sp³-hybridized carbons (Fsp3) is 0.917. The minimum atomic E-state index is -0.759. The van der Waals surface area contributed by atoms with Gasteiger partial charge in [0.15, 0.2) is 0 Å². The van der Waals surface area contributed by atoms with Gasteiger partial charge in [-0.2, -0.15) is 0 Å². The van der Waals surface area contributed by atoms with E-state index in [2.05, 4.69) is 24.1 Å². The molecule has 16 heavy (non-hydrogen) atoms. The Morgan fingerprint density at radius 2 is 2.06 bits per heavy atom. The Hall–Kier alpha value is -0.610. The van der Waals surface area contributed by atoms with E-state index in [1.54, 1.807) is 0 Å². The van der Waals surface area contributed by atoms with Gasteiger partial charge in [-0.15, -0.1) is 0 Å². The van der Waals surface area contributed by atoms with Gasteiger partial charge in [-0.1, -0.05) is 20.8 Å². The van der Waals surface area contributed by atoms with Crippen LogP contribution in [0.1, 0.15) is 33.6 Å². The maximum Gasteiger partial charge on any atom is 0.322 e. The number of nitrogens with one attached hydrogen (secondary N) is 1. The summed E-state index contributed by atoms with van der Waals surface area (Å²) in [7, 11) is 1.98. The van der Waals surface area contributed by atoms with Crippen molar-refractivity contribution in [3.63, 3.8) is 0 Å². The number of likely N-dealkylation sites (N-methyl/N-ethyl adjacent to an activating group) is 1. The molecule has 0 aromatic rings. The third kappa shape index (κ3) is 7.65. The van der Waals surface area contributed by atoms with Crippen LogP contribution in [0.3, 0.4) is 0 Å². The number of carbonyl (C=O) groups is 1. The van der Waals surface area contributed by atoms with Crippen molar-refractivity contribution in [1.29, 1.82) is 0 Å². The molecule has 0 bridgehead atoms. The zero-order valence-corrected chi connectivity index (χ0v) is 11.0. The molecular weight excluding hydrogens is 204 g/mol. The molecule has 0 aromatic heterocycles. The number of aliphatic carboxylic acids is 1. The van der Waals surface area contributed by atoms with Gasteiger partial charge in [-0.3, -0.25) is 4.79 Å². The highest BCUT2D eigenvalue weighted by molar-refractivity contribution is 5.73. The van der Waals surface area contributed by atoms with Gasteiger partial charge in [0.25, 0.3) is 0 Å². The van der Waals surface area contributed by atoms with E-state index in [9.17, 15) is 4.79 Å². The zero-order chi connectivity index (χ0) is 12.6. The summed E-state index contributed by atoms with van der Waals surface area (Å²) in [6, 6.07) is -0.447. The van der Waals surface area contributed by atoms with Crippen molar-refractivity contribution in [2.75, 3.05) is 26.7 Å². The van der Waals surface area contributed by atoms with Crippen molar-refractivity contribution < 1.29 is 9.90 Å². The Bertz CT molecular complexity index is 195. The fourth-order valence-electron chi connectivity index (χ4n) is 1.43. The highest BCUT2D eigenvalue weighted by Crippen LogP contribution is 2.01. The smallest absolute Gasteiger partial charge is 0.322 e. The lowest BCUT2D eigenvalue weighted by Gasteiger charge is -2.22. The van der Waals surface area contributed by atoms with Gasteiger partial charge in [0.05, 0.1) is 0 Å². The normalized spacial score (nSPS) is 13.4. The van der Waals surface area contributed by atoms with Gasteiger partial charge in [0, 0.05) is 6.54 Å². The molecule has 0 fully saturated rings. The molecule has 4 heteroatoms. The van der Waals surface area contributed by atoms with Crippen LogP contribution in [0.5, 0.6) is 0 Å². The molecule has 2 N–H and O–H groups in total. The molecule has 1 atom stereocenters. The summed E-state index contributed by atoms with van der Waals surface area (Å²) in [6.45, 7) is 8.68. The molecule has 0 aliphatic carbocycles. The number of hydrogen-bond acceptors (Lipinski definition) is 3. The largest absolute Gasteiger partial charge is 0.480 e. The second-order valence-electron chi connectivity index (χ2n) is 4.79. The van der Waals surface area contributed by atoms with E-state index in [1.807, 2.05) is 14.0 Å². The maximum atomic E-state index is 11.0. The second kappa shape index (κ2) is 8.53. The monoisotopic (exact) mass is 230 g/mol. The Kier molecular flexibility index (Phi) is 8.21. The molecule has 0 saturated carbocycles. The van der Waals surface area contributed by atoms with Gasteiger partial charge in [0.1, 0.15) is 6.04 Å². The minimum absolute atomic E-state index is 0.447. The number of hydrogen-bond donors (Lipinski definition) is 2. The quantitative estimate of drug-likeness (QED) is 0.629. The molecular formula is C12H26N2O2. The third-order valence-electron chi connectivity index (χ3n) is 2.52. The van der Waals surface area contributed by atoms with Crippen molar-refractivity contribution in [1.82, 2.24) is 10.2 Å². The molecule has 0 aliphatic rings. The average Bonchev–Trinajstić information content (AvgIpc) is 2.20. The number of carboxylic acid groups (broad SMARTS) is 1. The minimum Gasteiger partial charge on any atom is -0.480 e. The standard InChI is InChI=1S/C12H26N2O2/c1-5-7-13-11(12(15)16)9-14(4)8-6-10(2)3/h10-11,13H,5-9H2,1-4H3,(H,15,16). The third-order valence-corrected chi connectivity index (χ3v) is 2.52. The lowest BCUT2D eigenvalue weighted by Crippen LogP contribution is -2.45. The molecule has 0 aliphatic heterocycles. The number of nitrogens with zero attached hydrogens (tertiary/aromatic N) is 1. The second-order valence-corrected chi connectivity index (χ2v) is 4.79. The molecule has 0 spiro atoms. The van der Waals surface area contributed by atoms with Crippen molar-refractivity contribution in [3.8, 4) is 0 Å². The predicted molar refractivity (Wildman–Crippen MR) is 66.7 cm³/mol. The van der Waals surface area contributed by atoms with E-state index in [4.69, 9.17) is 5.11 Å². The van der Waals surface area contributed by atoms with Crippen LogP contribution < -0.4 is 5.32 Å². The molecule has 0 rings (SSSR count). The fourth-order valence-corrected chi connectivity index (χ4v) is 1.43. The summed E-state index contributed by atoms with van der Waals surface area (Å²) < 4.78 is 0. The first-order valence-electron chi connectivity index (χ1n) is 6.12. The molecule has 96 valence electrons. The molecule has 4 nitrogen and oxygen atoms in total. The Morgan fingerprint density at radius 1 is 1.44 bits per heavy atom. The lowest BCUT2D eigenvalue weighted by atomic mass is 10.1. The average molecular weight is 230 g/mol. The number of carboxylic acids is 1. The first-order valence-corrected chi connectivity index (χ1v) is 6.12. The Balaban J connectivity index is 3.92. The van der Waals surface area contributed by atoms with E-state index in [0.717, 1.165) is 25.9 Å². The van der Waals surface area contributed by atoms with Crippen LogP contribution in [0, 0.1) is 5.92 Å². The summed E-state index contributed by atoms with van der Waals surface area (Å²) in [5.41, 5.74) is 0. The van der Waals surface area contributed by atoms with Crippen LogP contribution >= 0.6 is 0 Å². The van der Waals surface area contributed by atoms with Crippen LogP contribution in [-0.2, 0) is 4.79 Å². The van der Waals surface area contributed by atoms with Gasteiger partial charge in [-0.25, -0.2) is 0 Å². The van der Waals surface area contributed by atoms with Gasteiger partial charge < -0.3 is 15.3 Å². The zero-order valence-electron chi connectivity index (χ0n) is 11.0. The van der Waals surface area contributed by atoms with Crippen molar-refractivity contribution in [2.24, 2.45) is 5.92 Å². The summed E-state index contributed by atoms with van der Waals surface area (Å²) in [5.74, 6) is -0.0980. The van der Waals surface area contributed by atoms with E-state index < -0.39 is 12.0 Å².